The zero-order chi connectivity index (χ0) is 15.4. The molecule has 22 heavy (non-hydrogen) atoms. The lowest BCUT2D eigenvalue weighted by atomic mass is 10.2. The van der Waals surface area contributed by atoms with Gasteiger partial charge in [-0.25, -0.2) is 4.98 Å². The Morgan fingerprint density at radius 2 is 2.00 bits per heavy atom. The van der Waals surface area contributed by atoms with E-state index in [1.165, 1.54) is 0 Å². The molecule has 114 valence electrons. The molecule has 0 amide bonds. The third-order valence-electron chi connectivity index (χ3n) is 3.54. The number of pyridine rings is 1. The molecule has 0 aliphatic carbocycles. The number of rotatable bonds is 6. The molecule has 0 fully saturated rings. The molecule has 0 aliphatic heterocycles. The minimum Gasteiger partial charge on any atom is -0.392 e. The van der Waals surface area contributed by atoms with Crippen LogP contribution in [0.15, 0.2) is 48.7 Å². The van der Waals surface area contributed by atoms with Gasteiger partial charge in [0.05, 0.1) is 19.8 Å². The lowest BCUT2D eigenvalue weighted by Gasteiger charge is -2.08. The van der Waals surface area contributed by atoms with E-state index in [2.05, 4.69) is 4.98 Å². The zero-order valence-electron chi connectivity index (χ0n) is 12.1. The summed E-state index contributed by atoms with van der Waals surface area (Å²) in [6.45, 7) is 1.82. The SMILES string of the molecule is OCc1cc(Cl)nc2c1ccn2CCOCc1ccccc1. The fraction of sp³-hybridized carbons (Fsp3) is 0.235. The van der Waals surface area contributed by atoms with Crippen LogP contribution < -0.4 is 0 Å². The van der Waals surface area contributed by atoms with Crippen LogP contribution >= 0.6 is 11.6 Å². The summed E-state index contributed by atoms with van der Waals surface area (Å²) in [5.41, 5.74) is 2.72. The van der Waals surface area contributed by atoms with Crippen molar-refractivity contribution in [1.82, 2.24) is 9.55 Å². The molecule has 0 saturated carbocycles. The van der Waals surface area contributed by atoms with Crippen LogP contribution in [0.4, 0.5) is 0 Å². The van der Waals surface area contributed by atoms with Crippen molar-refractivity contribution in [2.45, 2.75) is 19.8 Å². The number of hydrogen-bond acceptors (Lipinski definition) is 3. The summed E-state index contributed by atoms with van der Waals surface area (Å²) in [5, 5.41) is 10.7. The summed E-state index contributed by atoms with van der Waals surface area (Å²) in [4.78, 5) is 4.34. The number of aliphatic hydroxyl groups is 1. The van der Waals surface area contributed by atoms with E-state index >= 15 is 0 Å². The van der Waals surface area contributed by atoms with Crippen LogP contribution in [0, 0.1) is 0 Å². The third kappa shape index (κ3) is 3.30. The number of aliphatic hydroxyl groups excluding tert-OH is 1. The van der Waals surface area contributed by atoms with E-state index in [-0.39, 0.29) is 6.61 Å². The molecule has 2 heterocycles. The molecule has 0 saturated heterocycles. The summed E-state index contributed by atoms with van der Waals surface area (Å²) in [5.74, 6) is 0. The van der Waals surface area contributed by atoms with Crippen molar-refractivity contribution >= 4 is 22.6 Å². The molecule has 0 unspecified atom stereocenters. The molecule has 1 aromatic carbocycles. The highest BCUT2D eigenvalue weighted by Gasteiger charge is 2.08. The molecule has 3 aromatic rings. The fourth-order valence-corrected chi connectivity index (χ4v) is 2.64. The minimum atomic E-state index is -0.0484. The smallest absolute Gasteiger partial charge is 0.142 e. The molecular formula is C17H17ClN2O2. The van der Waals surface area contributed by atoms with Gasteiger partial charge in [-0.1, -0.05) is 41.9 Å². The third-order valence-corrected chi connectivity index (χ3v) is 3.74. The van der Waals surface area contributed by atoms with Gasteiger partial charge in [0.25, 0.3) is 0 Å². The molecule has 2 aromatic heterocycles. The average Bonchev–Trinajstić information content (AvgIpc) is 2.94. The summed E-state index contributed by atoms with van der Waals surface area (Å²) < 4.78 is 7.69. The van der Waals surface area contributed by atoms with Crippen LogP contribution in [0.5, 0.6) is 0 Å². The van der Waals surface area contributed by atoms with E-state index in [4.69, 9.17) is 16.3 Å². The van der Waals surface area contributed by atoms with E-state index in [1.807, 2.05) is 47.2 Å². The van der Waals surface area contributed by atoms with Gasteiger partial charge in [-0.2, -0.15) is 0 Å². The molecule has 0 spiro atoms. The number of benzene rings is 1. The number of aromatic nitrogens is 2. The minimum absolute atomic E-state index is 0.0484. The predicted octanol–water partition coefficient (Wildman–Crippen LogP) is 3.40. The number of hydrogen-bond donors (Lipinski definition) is 1. The fourth-order valence-electron chi connectivity index (χ4n) is 2.43. The highest BCUT2D eigenvalue weighted by molar-refractivity contribution is 6.29. The Morgan fingerprint density at radius 1 is 1.18 bits per heavy atom. The molecule has 0 atom stereocenters. The van der Waals surface area contributed by atoms with Gasteiger partial charge < -0.3 is 14.4 Å². The van der Waals surface area contributed by atoms with Crippen LogP contribution in [0.3, 0.4) is 0 Å². The summed E-state index contributed by atoms with van der Waals surface area (Å²) in [6, 6.07) is 13.7. The number of halogens is 1. The normalized spacial score (nSPS) is 11.2. The Balaban J connectivity index is 1.66. The molecule has 0 bridgehead atoms. The van der Waals surface area contributed by atoms with Gasteiger partial charge in [0.2, 0.25) is 0 Å². The van der Waals surface area contributed by atoms with E-state index in [9.17, 15) is 5.11 Å². The van der Waals surface area contributed by atoms with Gasteiger partial charge in [0.15, 0.2) is 0 Å². The van der Waals surface area contributed by atoms with Gasteiger partial charge in [-0.05, 0) is 23.3 Å². The second-order valence-electron chi connectivity index (χ2n) is 5.05. The summed E-state index contributed by atoms with van der Waals surface area (Å²) >= 11 is 6.01. The van der Waals surface area contributed by atoms with E-state index < -0.39 is 0 Å². The lowest BCUT2D eigenvalue weighted by molar-refractivity contribution is 0.114. The van der Waals surface area contributed by atoms with Crippen molar-refractivity contribution in [3.05, 3.63) is 64.9 Å². The Hall–Kier alpha value is -1.88. The van der Waals surface area contributed by atoms with Crippen LogP contribution in [-0.4, -0.2) is 21.3 Å². The monoisotopic (exact) mass is 316 g/mol. The van der Waals surface area contributed by atoms with Gasteiger partial charge in [-0.15, -0.1) is 0 Å². The highest BCUT2D eigenvalue weighted by Crippen LogP contribution is 2.22. The number of ether oxygens (including phenoxy) is 1. The summed E-state index contributed by atoms with van der Waals surface area (Å²) in [6.07, 6.45) is 1.94. The Morgan fingerprint density at radius 3 is 2.77 bits per heavy atom. The lowest BCUT2D eigenvalue weighted by Crippen LogP contribution is -2.06. The molecule has 4 nitrogen and oxygen atoms in total. The first-order chi connectivity index (χ1) is 10.8. The quantitative estimate of drug-likeness (QED) is 0.560. The maximum absolute atomic E-state index is 9.39. The topological polar surface area (TPSA) is 47.3 Å². The van der Waals surface area contributed by atoms with Crippen molar-refractivity contribution in [3.8, 4) is 0 Å². The Kier molecular flexibility index (Phi) is 4.73. The van der Waals surface area contributed by atoms with Crippen LogP contribution in [-0.2, 0) is 24.5 Å². The first-order valence-corrected chi connectivity index (χ1v) is 7.52. The molecule has 0 radical (unpaired) electrons. The number of nitrogens with zero attached hydrogens (tertiary/aromatic N) is 2. The second kappa shape index (κ2) is 6.92. The molecule has 1 N–H and O–H groups in total. The van der Waals surface area contributed by atoms with Crippen LogP contribution in [0.2, 0.25) is 5.15 Å². The Labute approximate surface area is 133 Å². The molecule has 0 aliphatic rings. The van der Waals surface area contributed by atoms with E-state index in [0.29, 0.717) is 24.9 Å². The van der Waals surface area contributed by atoms with Crippen molar-refractivity contribution < 1.29 is 9.84 Å². The average molecular weight is 317 g/mol. The van der Waals surface area contributed by atoms with Crippen molar-refractivity contribution in [3.63, 3.8) is 0 Å². The molecule has 5 heteroatoms. The van der Waals surface area contributed by atoms with Gasteiger partial charge in [0.1, 0.15) is 10.8 Å². The van der Waals surface area contributed by atoms with Crippen molar-refractivity contribution in [2.24, 2.45) is 0 Å². The van der Waals surface area contributed by atoms with Crippen LogP contribution in [0.1, 0.15) is 11.1 Å². The Bertz CT molecular complexity index is 756. The highest BCUT2D eigenvalue weighted by atomic mass is 35.5. The first kappa shape index (κ1) is 15.0. The standard InChI is InChI=1S/C17H17ClN2O2/c18-16-10-14(11-21)15-6-7-20(17(15)19-16)8-9-22-12-13-4-2-1-3-5-13/h1-7,10,21H,8-9,11-12H2. The zero-order valence-corrected chi connectivity index (χ0v) is 12.8. The van der Waals surface area contributed by atoms with Gasteiger partial charge in [-0.3, -0.25) is 0 Å². The molecular weight excluding hydrogens is 300 g/mol. The van der Waals surface area contributed by atoms with Gasteiger partial charge in [0, 0.05) is 18.1 Å². The molecule has 3 rings (SSSR count). The van der Waals surface area contributed by atoms with Gasteiger partial charge >= 0.3 is 0 Å². The second-order valence-corrected chi connectivity index (χ2v) is 5.43. The van der Waals surface area contributed by atoms with Crippen molar-refractivity contribution in [1.29, 1.82) is 0 Å². The largest absolute Gasteiger partial charge is 0.392 e. The first-order valence-electron chi connectivity index (χ1n) is 7.14. The van der Waals surface area contributed by atoms with Crippen LogP contribution in [0.25, 0.3) is 11.0 Å². The number of fused-ring (bicyclic) bond motifs is 1. The predicted molar refractivity (Wildman–Crippen MR) is 86.8 cm³/mol. The van der Waals surface area contributed by atoms with E-state index in [1.54, 1.807) is 6.07 Å². The maximum atomic E-state index is 9.39. The van der Waals surface area contributed by atoms with E-state index in [0.717, 1.165) is 22.2 Å². The summed E-state index contributed by atoms with van der Waals surface area (Å²) in [7, 11) is 0. The van der Waals surface area contributed by atoms with Crippen molar-refractivity contribution in [2.75, 3.05) is 6.61 Å². The maximum Gasteiger partial charge on any atom is 0.142 e.